The molecular formula is C20H23N3O5. The minimum Gasteiger partial charge on any atom is -0.497 e. The fourth-order valence-corrected chi connectivity index (χ4v) is 3.07. The van der Waals surface area contributed by atoms with Crippen LogP contribution in [0.5, 0.6) is 17.2 Å². The lowest BCUT2D eigenvalue weighted by Gasteiger charge is -2.20. The van der Waals surface area contributed by atoms with Crippen molar-refractivity contribution in [3.63, 3.8) is 0 Å². The molecule has 3 rings (SSSR count). The summed E-state index contributed by atoms with van der Waals surface area (Å²) >= 11 is 0. The zero-order chi connectivity index (χ0) is 20.1. The summed E-state index contributed by atoms with van der Waals surface area (Å²) in [5, 5.41) is 2.78. The first-order valence-electron chi connectivity index (χ1n) is 8.78. The van der Waals surface area contributed by atoms with Crippen LogP contribution in [0.2, 0.25) is 0 Å². The molecule has 0 saturated carbocycles. The summed E-state index contributed by atoms with van der Waals surface area (Å²) in [6.07, 6.45) is 0. The molecule has 0 aliphatic carbocycles. The van der Waals surface area contributed by atoms with Crippen LogP contribution in [0.4, 0.5) is 16.2 Å². The molecule has 1 aliphatic heterocycles. The summed E-state index contributed by atoms with van der Waals surface area (Å²) in [4.78, 5) is 28.3. The molecule has 0 radical (unpaired) electrons. The van der Waals surface area contributed by atoms with E-state index in [2.05, 4.69) is 5.32 Å². The Morgan fingerprint density at radius 3 is 2.46 bits per heavy atom. The first kappa shape index (κ1) is 19.3. The van der Waals surface area contributed by atoms with E-state index in [0.717, 1.165) is 0 Å². The van der Waals surface area contributed by atoms with Crippen LogP contribution in [0.25, 0.3) is 0 Å². The van der Waals surface area contributed by atoms with Gasteiger partial charge < -0.3 is 24.4 Å². The van der Waals surface area contributed by atoms with Crippen molar-refractivity contribution in [3.8, 4) is 17.2 Å². The number of nitrogens with one attached hydrogen (secondary N) is 1. The Hall–Kier alpha value is -3.42. The Balaban J connectivity index is 1.66. The van der Waals surface area contributed by atoms with Crippen molar-refractivity contribution < 1.29 is 23.8 Å². The number of benzene rings is 2. The first-order valence-corrected chi connectivity index (χ1v) is 8.78. The van der Waals surface area contributed by atoms with Gasteiger partial charge in [0.15, 0.2) is 0 Å². The minimum absolute atomic E-state index is 0.0559. The third-order valence-corrected chi connectivity index (χ3v) is 4.49. The molecule has 148 valence electrons. The number of nitrogens with zero attached hydrogens (tertiary/aromatic N) is 2. The normalized spacial score (nSPS) is 13.5. The second kappa shape index (κ2) is 8.51. The van der Waals surface area contributed by atoms with E-state index in [0.29, 0.717) is 41.7 Å². The Bertz CT molecular complexity index is 871. The number of hydrogen-bond donors (Lipinski definition) is 1. The molecule has 1 heterocycles. The molecule has 0 spiro atoms. The lowest BCUT2D eigenvalue weighted by atomic mass is 10.2. The predicted molar refractivity (Wildman–Crippen MR) is 105 cm³/mol. The summed E-state index contributed by atoms with van der Waals surface area (Å²) in [5.74, 6) is 1.41. The van der Waals surface area contributed by atoms with Crippen molar-refractivity contribution in [2.45, 2.75) is 0 Å². The number of hydrogen-bond acceptors (Lipinski definition) is 5. The molecule has 8 nitrogen and oxygen atoms in total. The van der Waals surface area contributed by atoms with Gasteiger partial charge in [-0.2, -0.15) is 0 Å². The molecule has 2 aromatic carbocycles. The van der Waals surface area contributed by atoms with Gasteiger partial charge in [-0.25, -0.2) is 4.79 Å². The molecule has 28 heavy (non-hydrogen) atoms. The largest absolute Gasteiger partial charge is 0.497 e. The highest BCUT2D eigenvalue weighted by Crippen LogP contribution is 2.31. The smallest absolute Gasteiger partial charge is 0.325 e. The maximum atomic E-state index is 12.7. The highest BCUT2D eigenvalue weighted by Gasteiger charge is 2.32. The van der Waals surface area contributed by atoms with E-state index in [1.807, 2.05) is 18.2 Å². The summed E-state index contributed by atoms with van der Waals surface area (Å²) in [5.41, 5.74) is 1.20. The van der Waals surface area contributed by atoms with Gasteiger partial charge in [-0.05, 0) is 24.3 Å². The lowest BCUT2D eigenvalue weighted by Crippen LogP contribution is -2.37. The van der Waals surface area contributed by atoms with Crippen LogP contribution >= 0.6 is 0 Å². The summed E-state index contributed by atoms with van der Waals surface area (Å²) in [6, 6.07) is 12.2. The van der Waals surface area contributed by atoms with Crippen LogP contribution in [0.1, 0.15) is 0 Å². The molecule has 0 atom stereocenters. The molecule has 1 fully saturated rings. The Labute approximate surface area is 163 Å². The molecule has 8 heteroatoms. The minimum atomic E-state index is -0.307. The number of carbonyl (C=O) groups excluding carboxylic acids is 2. The first-order chi connectivity index (χ1) is 13.6. The van der Waals surface area contributed by atoms with Crippen LogP contribution in [0, 0.1) is 0 Å². The highest BCUT2D eigenvalue weighted by atomic mass is 16.5. The summed E-state index contributed by atoms with van der Waals surface area (Å²) in [7, 11) is 4.63. The second-order valence-corrected chi connectivity index (χ2v) is 6.14. The number of para-hydroxylation sites is 2. The maximum Gasteiger partial charge on any atom is 0.325 e. The quantitative estimate of drug-likeness (QED) is 0.792. The van der Waals surface area contributed by atoms with Gasteiger partial charge in [-0.15, -0.1) is 0 Å². The number of methoxy groups -OCH3 is 3. The van der Waals surface area contributed by atoms with Crippen molar-refractivity contribution in [3.05, 3.63) is 42.5 Å². The van der Waals surface area contributed by atoms with Gasteiger partial charge in [0.2, 0.25) is 5.91 Å². The fraction of sp³-hybridized carbons (Fsp3) is 0.300. The van der Waals surface area contributed by atoms with Gasteiger partial charge in [-0.3, -0.25) is 9.69 Å². The molecule has 2 aromatic rings. The Kier molecular flexibility index (Phi) is 5.88. The van der Waals surface area contributed by atoms with Crippen molar-refractivity contribution in [1.82, 2.24) is 4.90 Å². The summed E-state index contributed by atoms with van der Waals surface area (Å²) in [6.45, 7) is 0.877. The van der Waals surface area contributed by atoms with E-state index >= 15 is 0 Å². The van der Waals surface area contributed by atoms with E-state index in [1.165, 1.54) is 12.0 Å². The van der Waals surface area contributed by atoms with Gasteiger partial charge in [-0.1, -0.05) is 12.1 Å². The Morgan fingerprint density at radius 1 is 1.00 bits per heavy atom. The Morgan fingerprint density at radius 2 is 1.75 bits per heavy atom. The van der Waals surface area contributed by atoms with Crippen LogP contribution in [-0.2, 0) is 4.79 Å². The summed E-state index contributed by atoms with van der Waals surface area (Å²) < 4.78 is 15.8. The van der Waals surface area contributed by atoms with Gasteiger partial charge in [0.25, 0.3) is 0 Å². The number of carbonyl (C=O) groups is 2. The number of ether oxygens (including phenoxy) is 3. The van der Waals surface area contributed by atoms with Crippen LogP contribution in [-0.4, -0.2) is 57.8 Å². The van der Waals surface area contributed by atoms with Crippen LogP contribution in [0.3, 0.4) is 0 Å². The van der Waals surface area contributed by atoms with Crippen molar-refractivity contribution in [2.75, 3.05) is 51.2 Å². The average molecular weight is 385 g/mol. The monoisotopic (exact) mass is 385 g/mol. The van der Waals surface area contributed by atoms with Crippen LogP contribution in [0.15, 0.2) is 42.5 Å². The number of urea groups is 1. The average Bonchev–Trinajstić information content (AvgIpc) is 3.08. The predicted octanol–water partition coefficient (Wildman–Crippen LogP) is 2.59. The van der Waals surface area contributed by atoms with Gasteiger partial charge in [0, 0.05) is 19.2 Å². The third kappa shape index (κ3) is 3.95. The SMILES string of the molecule is COc1ccc(NC(=O)CN2CCN(c3ccccc3OC)C2=O)c(OC)c1. The van der Waals surface area contributed by atoms with Crippen molar-refractivity contribution in [2.24, 2.45) is 0 Å². The molecular weight excluding hydrogens is 362 g/mol. The number of anilines is 2. The van der Waals surface area contributed by atoms with E-state index < -0.39 is 0 Å². The molecule has 1 aliphatic rings. The molecule has 0 unspecified atom stereocenters. The third-order valence-electron chi connectivity index (χ3n) is 4.49. The zero-order valence-corrected chi connectivity index (χ0v) is 16.1. The number of amides is 3. The second-order valence-electron chi connectivity index (χ2n) is 6.14. The topological polar surface area (TPSA) is 80.3 Å². The lowest BCUT2D eigenvalue weighted by molar-refractivity contribution is -0.116. The van der Waals surface area contributed by atoms with Crippen molar-refractivity contribution >= 4 is 23.3 Å². The van der Waals surface area contributed by atoms with E-state index in [1.54, 1.807) is 43.4 Å². The molecule has 1 N–H and O–H groups in total. The molecule has 1 saturated heterocycles. The van der Waals surface area contributed by atoms with E-state index in [9.17, 15) is 9.59 Å². The van der Waals surface area contributed by atoms with Crippen molar-refractivity contribution in [1.29, 1.82) is 0 Å². The van der Waals surface area contributed by atoms with Gasteiger partial charge >= 0.3 is 6.03 Å². The molecule has 0 aromatic heterocycles. The van der Waals surface area contributed by atoms with Crippen LogP contribution < -0.4 is 24.4 Å². The van der Waals surface area contributed by atoms with E-state index in [4.69, 9.17) is 14.2 Å². The van der Waals surface area contributed by atoms with Gasteiger partial charge in [0.1, 0.15) is 23.8 Å². The van der Waals surface area contributed by atoms with Gasteiger partial charge in [0.05, 0.1) is 32.7 Å². The highest BCUT2D eigenvalue weighted by molar-refractivity contribution is 6.00. The zero-order valence-electron chi connectivity index (χ0n) is 16.1. The van der Waals surface area contributed by atoms with E-state index in [-0.39, 0.29) is 18.5 Å². The fourth-order valence-electron chi connectivity index (χ4n) is 3.07. The maximum absolute atomic E-state index is 12.7. The number of rotatable bonds is 7. The molecule has 0 bridgehead atoms. The molecule has 3 amide bonds. The standard InChI is InChI=1S/C20H23N3O5/c1-26-14-8-9-15(18(12-14)28-3)21-19(24)13-22-10-11-23(20(22)25)16-6-4-5-7-17(16)27-2/h4-9,12H,10-11,13H2,1-3H3,(H,21,24).